The molecule has 1 fully saturated rings. The molecule has 1 saturated heterocycles. The molecule has 118 valence electrons. The lowest BCUT2D eigenvalue weighted by Gasteiger charge is -2.17. The molecule has 2 aromatic rings. The molecular formula is C16H12Cl2N2O3. The molecule has 2 aromatic carbocycles. The molecule has 5 nitrogen and oxygen atoms in total. The molecule has 23 heavy (non-hydrogen) atoms. The highest BCUT2D eigenvalue weighted by atomic mass is 35.5. The average molecular weight is 351 g/mol. The van der Waals surface area contributed by atoms with Gasteiger partial charge < -0.3 is 4.74 Å². The van der Waals surface area contributed by atoms with Crippen molar-refractivity contribution in [3.8, 4) is 5.75 Å². The molecule has 1 atom stereocenters. The van der Waals surface area contributed by atoms with E-state index in [-0.39, 0.29) is 0 Å². The van der Waals surface area contributed by atoms with E-state index in [1.807, 2.05) is 0 Å². The highest BCUT2D eigenvalue weighted by Crippen LogP contribution is 2.28. The van der Waals surface area contributed by atoms with E-state index >= 15 is 0 Å². The lowest BCUT2D eigenvalue weighted by molar-refractivity contribution is -0.126. The molecule has 0 aliphatic carbocycles. The van der Waals surface area contributed by atoms with Gasteiger partial charge in [0.05, 0.1) is 5.69 Å². The fourth-order valence-corrected chi connectivity index (χ4v) is 2.56. The summed E-state index contributed by atoms with van der Waals surface area (Å²) in [6.07, 6.45) is -1.04. The first kappa shape index (κ1) is 15.6. The van der Waals surface area contributed by atoms with Crippen LogP contribution in [0.2, 0.25) is 10.0 Å². The van der Waals surface area contributed by atoms with Crippen LogP contribution in [0, 0.1) is 0 Å². The molecule has 0 aromatic heterocycles. The van der Waals surface area contributed by atoms with E-state index in [1.54, 1.807) is 48.5 Å². The summed E-state index contributed by atoms with van der Waals surface area (Å²) in [5, 5.41) is 0.993. The first-order valence-corrected chi connectivity index (χ1v) is 7.51. The van der Waals surface area contributed by atoms with Gasteiger partial charge in [0.15, 0.2) is 0 Å². The Morgan fingerprint density at radius 3 is 2.35 bits per heavy atom. The van der Waals surface area contributed by atoms with Crippen molar-refractivity contribution >= 4 is 40.8 Å². The predicted molar refractivity (Wildman–Crippen MR) is 88.0 cm³/mol. The first-order chi connectivity index (χ1) is 11.0. The van der Waals surface area contributed by atoms with Gasteiger partial charge in [0.2, 0.25) is 0 Å². The van der Waals surface area contributed by atoms with Crippen LogP contribution in [0.5, 0.6) is 5.75 Å². The Balaban J connectivity index is 1.87. The number of likely N-dealkylation sites (N-methyl/N-ethyl adjacent to an activating group) is 1. The summed E-state index contributed by atoms with van der Waals surface area (Å²) >= 11 is 11.7. The lowest BCUT2D eigenvalue weighted by Crippen LogP contribution is -2.36. The second-order valence-electron chi connectivity index (χ2n) is 4.97. The maximum Gasteiger partial charge on any atom is 0.334 e. The van der Waals surface area contributed by atoms with Gasteiger partial charge in [-0.25, -0.2) is 9.69 Å². The largest absolute Gasteiger partial charge is 0.461 e. The summed E-state index contributed by atoms with van der Waals surface area (Å²) in [7, 11) is 1.51. The fourth-order valence-electron chi connectivity index (χ4n) is 2.25. The second-order valence-corrected chi connectivity index (χ2v) is 5.84. The van der Waals surface area contributed by atoms with Crippen molar-refractivity contribution < 1.29 is 14.3 Å². The van der Waals surface area contributed by atoms with Crippen LogP contribution in [-0.4, -0.2) is 30.1 Å². The topological polar surface area (TPSA) is 49.9 Å². The molecule has 3 amide bonds. The molecule has 1 aliphatic heterocycles. The standard InChI is InChI=1S/C16H12Cl2N2O3/c1-19-15(23-13-7-5-10(17)6-8-13)14(21)20(16(19)22)12-4-2-3-11(18)9-12/h2-9,15H,1H3. The molecule has 0 N–H and O–H groups in total. The summed E-state index contributed by atoms with van der Waals surface area (Å²) in [6, 6.07) is 12.6. The molecule has 1 heterocycles. The van der Waals surface area contributed by atoms with E-state index in [9.17, 15) is 9.59 Å². The Bertz CT molecular complexity index is 764. The Labute approximate surface area is 143 Å². The maximum atomic E-state index is 12.6. The van der Waals surface area contributed by atoms with Crippen molar-refractivity contribution in [1.82, 2.24) is 4.90 Å². The van der Waals surface area contributed by atoms with Crippen LogP contribution in [-0.2, 0) is 4.79 Å². The molecule has 7 heteroatoms. The van der Waals surface area contributed by atoms with Gasteiger partial charge in [-0.1, -0.05) is 29.3 Å². The van der Waals surface area contributed by atoms with Gasteiger partial charge in [-0.2, -0.15) is 0 Å². The van der Waals surface area contributed by atoms with E-state index in [1.165, 1.54) is 11.9 Å². The van der Waals surface area contributed by atoms with Gasteiger partial charge in [0.1, 0.15) is 5.75 Å². The van der Waals surface area contributed by atoms with Crippen molar-refractivity contribution in [3.05, 3.63) is 58.6 Å². The van der Waals surface area contributed by atoms with Crippen LogP contribution in [0.4, 0.5) is 10.5 Å². The lowest BCUT2D eigenvalue weighted by atomic mass is 10.3. The van der Waals surface area contributed by atoms with Crippen molar-refractivity contribution in [2.24, 2.45) is 0 Å². The van der Waals surface area contributed by atoms with Gasteiger partial charge in [0.25, 0.3) is 12.1 Å². The third-order valence-corrected chi connectivity index (χ3v) is 3.89. The molecule has 0 saturated carbocycles. The van der Waals surface area contributed by atoms with Crippen LogP contribution in [0.1, 0.15) is 0 Å². The summed E-state index contributed by atoms with van der Waals surface area (Å²) in [4.78, 5) is 27.2. The van der Waals surface area contributed by atoms with E-state index < -0.39 is 18.2 Å². The molecule has 3 rings (SSSR count). The number of carbonyl (C=O) groups is 2. The third kappa shape index (κ3) is 2.98. The molecule has 1 aliphatic rings. The number of halogens is 2. The minimum Gasteiger partial charge on any atom is -0.461 e. The van der Waals surface area contributed by atoms with Gasteiger partial charge in [-0.05, 0) is 42.5 Å². The smallest absolute Gasteiger partial charge is 0.334 e. The number of imide groups is 1. The monoisotopic (exact) mass is 350 g/mol. The Hall–Kier alpha value is -2.24. The van der Waals surface area contributed by atoms with Gasteiger partial charge in [-0.15, -0.1) is 0 Å². The van der Waals surface area contributed by atoms with Crippen LogP contribution < -0.4 is 9.64 Å². The number of benzene rings is 2. The van der Waals surface area contributed by atoms with Crippen LogP contribution >= 0.6 is 23.2 Å². The minimum atomic E-state index is -1.04. The van der Waals surface area contributed by atoms with Crippen molar-refractivity contribution in [1.29, 1.82) is 0 Å². The zero-order valence-electron chi connectivity index (χ0n) is 12.1. The Morgan fingerprint density at radius 1 is 1.00 bits per heavy atom. The molecule has 0 radical (unpaired) electrons. The summed E-state index contributed by atoms with van der Waals surface area (Å²) < 4.78 is 5.63. The number of rotatable bonds is 3. The predicted octanol–water partition coefficient (Wildman–Crippen LogP) is 3.80. The SMILES string of the molecule is CN1C(=O)N(c2cccc(Cl)c2)C(=O)C1Oc1ccc(Cl)cc1. The highest BCUT2D eigenvalue weighted by molar-refractivity contribution is 6.31. The fraction of sp³-hybridized carbons (Fsp3) is 0.125. The number of ether oxygens (including phenoxy) is 1. The van der Waals surface area contributed by atoms with E-state index in [0.29, 0.717) is 21.5 Å². The van der Waals surface area contributed by atoms with Crippen molar-refractivity contribution in [3.63, 3.8) is 0 Å². The highest BCUT2D eigenvalue weighted by Gasteiger charge is 2.45. The number of anilines is 1. The van der Waals surface area contributed by atoms with E-state index in [4.69, 9.17) is 27.9 Å². The average Bonchev–Trinajstić information content (AvgIpc) is 2.73. The summed E-state index contributed by atoms with van der Waals surface area (Å²) in [6.45, 7) is 0. The molecule has 0 bridgehead atoms. The number of nitrogens with zero attached hydrogens (tertiary/aromatic N) is 2. The van der Waals surface area contributed by atoms with Crippen molar-refractivity contribution in [2.45, 2.75) is 6.23 Å². The van der Waals surface area contributed by atoms with Gasteiger partial charge in [0, 0.05) is 17.1 Å². The first-order valence-electron chi connectivity index (χ1n) is 6.76. The van der Waals surface area contributed by atoms with Crippen LogP contribution in [0.3, 0.4) is 0 Å². The summed E-state index contributed by atoms with van der Waals surface area (Å²) in [5.74, 6) is -0.0324. The Kier molecular flexibility index (Phi) is 4.15. The quantitative estimate of drug-likeness (QED) is 0.791. The molecule has 1 unspecified atom stereocenters. The van der Waals surface area contributed by atoms with Crippen molar-refractivity contribution in [2.75, 3.05) is 11.9 Å². The second kappa shape index (κ2) is 6.10. The third-order valence-electron chi connectivity index (χ3n) is 3.40. The number of amides is 3. The normalized spacial score (nSPS) is 17.8. The number of hydrogen-bond donors (Lipinski definition) is 0. The Morgan fingerprint density at radius 2 is 1.70 bits per heavy atom. The zero-order valence-corrected chi connectivity index (χ0v) is 13.6. The molecular weight excluding hydrogens is 339 g/mol. The maximum absolute atomic E-state index is 12.6. The number of urea groups is 1. The van der Waals surface area contributed by atoms with E-state index in [2.05, 4.69) is 0 Å². The molecule has 0 spiro atoms. The number of hydrogen-bond acceptors (Lipinski definition) is 3. The summed E-state index contributed by atoms with van der Waals surface area (Å²) in [5.41, 5.74) is 0.404. The van der Waals surface area contributed by atoms with Gasteiger partial charge >= 0.3 is 6.03 Å². The minimum absolute atomic E-state index is 0.404. The van der Waals surface area contributed by atoms with Gasteiger partial charge in [-0.3, -0.25) is 9.69 Å². The van der Waals surface area contributed by atoms with Crippen LogP contribution in [0.25, 0.3) is 0 Å². The zero-order chi connectivity index (χ0) is 16.6. The van der Waals surface area contributed by atoms with E-state index in [0.717, 1.165) is 4.90 Å². The van der Waals surface area contributed by atoms with Crippen LogP contribution in [0.15, 0.2) is 48.5 Å². The number of carbonyl (C=O) groups excluding carboxylic acids is 2.